The van der Waals surface area contributed by atoms with E-state index in [-0.39, 0.29) is 45.6 Å². The van der Waals surface area contributed by atoms with Crippen molar-refractivity contribution in [1.82, 2.24) is 15.1 Å². The minimum Gasteiger partial charge on any atom is -0.382 e. The van der Waals surface area contributed by atoms with E-state index in [4.69, 9.17) is 20.7 Å². The van der Waals surface area contributed by atoms with Crippen LogP contribution in [0, 0.1) is 5.82 Å². The number of nitrogen functional groups attached to an aromatic ring is 1. The van der Waals surface area contributed by atoms with E-state index in [1.165, 1.54) is 36.5 Å². The number of sulfone groups is 1. The van der Waals surface area contributed by atoms with Gasteiger partial charge in [0, 0.05) is 23.8 Å². The Labute approximate surface area is 215 Å². The molecule has 1 aliphatic rings. The summed E-state index contributed by atoms with van der Waals surface area (Å²) < 4.78 is 76.5. The van der Waals surface area contributed by atoms with E-state index in [0.29, 0.717) is 24.3 Å². The van der Waals surface area contributed by atoms with Crippen LogP contribution in [0.5, 0.6) is 0 Å². The van der Waals surface area contributed by atoms with Gasteiger partial charge in [0.25, 0.3) is 6.43 Å². The third kappa shape index (κ3) is 4.87. The van der Waals surface area contributed by atoms with E-state index < -0.39 is 33.4 Å². The van der Waals surface area contributed by atoms with Gasteiger partial charge in [-0.15, -0.1) is 0 Å². The van der Waals surface area contributed by atoms with Crippen molar-refractivity contribution in [2.75, 3.05) is 18.9 Å². The van der Waals surface area contributed by atoms with Crippen LogP contribution >= 0.6 is 0 Å². The largest absolute Gasteiger partial charge is 0.382 e. The normalized spacial score (nSPS) is 16.7. The topological polar surface area (TPSA) is 147 Å². The second-order valence-electron chi connectivity index (χ2n) is 8.72. The zero-order chi connectivity index (χ0) is 27.0. The van der Waals surface area contributed by atoms with Crippen molar-refractivity contribution in [1.29, 1.82) is 0 Å². The lowest BCUT2D eigenvalue weighted by Crippen LogP contribution is -2.21. The van der Waals surface area contributed by atoms with E-state index in [2.05, 4.69) is 15.1 Å². The Kier molecular flexibility index (Phi) is 6.90. The number of nitrogens with zero attached hydrogens (tertiary/aromatic N) is 3. The van der Waals surface area contributed by atoms with Crippen molar-refractivity contribution in [2.45, 2.75) is 29.0 Å². The molecule has 2 aromatic heterocycles. The summed E-state index contributed by atoms with van der Waals surface area (Å²) in [7, 11) is -3.51. The highest BCUT2D eigenvalue weighted by atomic mass is 32.2. The number of ether oxygens (including phenoxy) is 1. The molecule has 0 aliphatic carbocycles. The lowest BCUT2D eigenvalue weighted by atomic mass is 10.0. The highest BCUT2D eigenvalue weighted by Gasteiger charge is 2.31. The molecule has 2 aromatic carbocycles. The molecule has 5 rings (SSSR count). The fraction of sp³-hybridized carbons (Fsp3) is 0.240. The number of alkyl halides is 2. The molecule has 198 valence electrons. The molecule has 0 amide bonds. The van der Waals surface area contributed by atoms with Crippen molar-refractivity contribution in [3.63, 3.8) is 0 Å². The molecule has 0 saturated carbocycles. The van der Waals surface area contributed by atoms with E-state index >= 15 is 0 Å². The van der Waals surface area contributed by atoms with Crippen molar-refractivity contribution in [3.05, 3.63) is 66.1 Å². The minimum atomic E-state index is -3.51. The number of hydrogen-bond donors (Lipinski definition) is 2. The number of benzene rings is 2. The molecule has 38 heavy (non-hydrogen) atoms. The lowest BCUT2D eigenvalue weighted by molar-refractivity contribution is 0.116. The second kappa shape index (κ2) is 10.2. The standard InChI is InChI=1S/C25H22F3N5O4S/c26-18-9-14(22(29)24(27)28)3-6-17(18)19-10-21(37-33-19)23-25(30)31-11-20(32-23)13-1-4-15(5-2-13)38(34,35)16-7-8-36-12-16/h1-6,9-11,16,22,24H,7-8,12,29H2,(H2,30,31). The van der Waals surface area contributed by atoms with Crippen LogP contribution in [-0.4, -0.2) is 48.4 Å². The highest BCUT2D eigenvalue weighted by Crippen LogP contribution is 2.32. The Morgan fingerprint density at radius 2 is 1.82 bits per heavy atom. The maximum Gasteiger partial charge on any atom is 0.257 e. The van der Waals surface area contributed by atoms with Crippen molar-refractivity contribution < 1.29 is 30.8 Å². The van der Waals surface area contributed by atoms with Gasteiger partial charge in [-0.2, -0.15) is 0 Å². The first kappa shape index (κ1) is 25.8. The van der Waals surface area contributed by atoms with E-state index in [0.717, 1.165) is 6.07 Å². The average Bonchev–Trinajstić information content (AvgIpc) is 3.62. The fourth-order valence-electron chi connectivity index (χ4n) is 4.09. The van der Waals surface area contributed by atoms with Gasteiger partial charge in [0.15, 0.2) is 27.1 Å². The van der Waals surface area contributed by atoms with Crippen LogP contribution in [0.25, 0.3) is 34.0 Å². The summed E-state index contributed by atoms with van der Waals surface area (Å²) in [6.07, 6.45) is -0.960. The molecule has 0 spiro atoms. The predicted octanol–water partition coefficient (Wildman–Crippen LogP) is 4.01. The van der Waals surface area contributed by atoms with Gasteiger partial charge in [0.05, 0.1) is 34.7 Å². The average molecular weight is 546 g/mol. The molecule has 13 heteroatoms. The molecule has 3 heterocycles. The Morgan fingerprint density at radius 1 is 1.05 bits per heavy atom. The van der Waals surface area contributed by atoms with Gasteiger partial charge in [0.1, 0.15) is 11.5 Å². The first-order valence-electron chi connectivity index (χ1n) is 11.5. The van der Waals surface area contributed by atoms with Gasteiger partial charge in [0.2, 0.25) is 0 Å². The maximum absolute atomic E-state index is 14.7. The van der Waals surface area contributed by atoms with Crippen LogP contribution < -0.4 is 11.5 Å². The number of hydrogen-bond acceptors (Lipinski definition) is 9. The smallest absolute Gasteiger partial charge is 0.257 e. The molecule has 0 radical (unpaired) electrons. The van der Waals surface area contributed by atoms with Crippen molar-refractivity contribution in [2.24, 2.45) is 5.73 Å². The fourth-order valence-corrected chi connectivity index (χ4v) is 5.67. The van der Waals surface area contributed by atoms with Gasteiger partial charge in [-0.25, -0.2) is 31.6 Å². The Hall–Kier alpha value is -3.81. The van der Waals surface area contributed by atoms with Crippen molar-refractivity contribution in [3.8, 4) is 34.0 Å². The summed E-state index contributed by atoms with van der Waals surface area (Å²) in [6, 6.07) is 9.51. The summed E-state index contributed by atoms with van der Waals surface area (Å²) in [5.41, 5.74) is 12.5. The molecule has 2 atom stereocenters. The van der Waals surface area contributed by atoms with Gasteiger partial charge in [-0.05, 0) is 36.2 Å². The van der Waals surface area contributed by atoms with Crippen LogP contribution in [-0.2, 0) is 14.6 Å². The quantitative estimate of drug-likeness (QED) is 0.351. The molecule has 0 bridgehead atoms. The number of aromatic nitrogens is 3. The second-order valence-corrected chi connectivity index (χ2v) is 10.9. The van der Waals surface area contributed by atoms with Crippen LogP contribution in [0.4, 0.5) is 19.0 Å². The van der Waals surface area contributed by atoms with Crippen LogP contribution in [0.1, 0.15) is 18.0 Å². The highest BCUT2D eigenvalue weighted by molar-refractivity contribution is 7.92. The van der Waals surface area contributed by atoms with Gasteiger partial charge in [-0.3, -0.25) is 0 Å². The zero-order valence-electron chi connectivity index (χ0n) is 19.7. The lowest BCUT2D eigenvalue weighted by Gasteiger charge is -2.11. The number of halogens is 3. The molecule has 1 fully saturated rings. The molecule has 4 N–H and O–H groups in total. The summed E-state index contributed by atoms with van der Waals surface area (Å²) in [6.45, 7) is 0.591. The predicted molar refractivity (Wildman–Crippen MR) is 132 cm³/mol. The number of rotatable bonds is 7. The molecular formula is C25H22F3N5O4S. The van der Waals surface area contributed by atoms with Crippen LogP contribution in [0.2, 0.25) is 0 Å². The summed E-state index contributed by atoms with van der Waals surface area (Å²) in [4.78, 5) is 8.81. The van der Waals surface area contributed by atoms with Crippen molar-refractivity contribution >= 4 is 15.7 Å². The van der Waals surface area contributed by atoms with Crippen LogP contribution in [0.15, 0.2) is 64.1 Å². The van der Waals surface area contributed by atoms with Gasteiger partial charge in [-0.1, -0.05) is 23.4 Å². The zero-order valence-corrected chi connectivity index (χ0v) is 20.5. The summed E-state index contributed by atoms with van der Waals surface area (Å²) in [5.74, 6) is -0.680. The van der Waals surface area contributed by atoms with Gasteiger partial charge >= 0.3 is 0 Å². The molecule has 1 aliphatic heterocycles. The monoisotopic (exact) mass is 545 g/mol. The first-order valence-corrected chi connectivity index (χ1v) is 13.0. The third-order valence-electron chi connectivity index (χ3n) is 6.28. The maximum atomic E-state index is 14.7. The SMILES string of the molecule is Nc1ncc(-c2ccc(S(=O)(=O)C3CCOC3)cc2)nc1-c1cc(-c2ccc(C(N)C(F)F)cc2F)no1. The molecule has 4 aromatic rings. The first-order chi connectivity index (χ1) is 18.1. The Morgan fingerprint density at radius 3 is 2.47 bits per heavy atom. The number of anilines is 1. The summed E-state index contributed by atoms with van der Waals surface area (Å²) >= 11 is 0. The summed E-state index contributed by atoms with van der Waals surface area (Å²) in [5, 5.41) is 3.29. The van der Waals surface area contributed by atoms with E-state index in [1.54, 1.807) is 12.1 Å². The Balaban J connectivity index is 1.42. The molecular weight excluding hydrogens is 523 g/mol. The molecule has 2 unspecified atom stereocenters. The number of nitrogens with two attached hydrogens (primary N) is 2. The van der Waals surface area contributed by atoms with Gasteiger partial charge < -0.3 is 20.7 Å². The molecule has 1 saturated heterocycles. The minimum absolute atomic E-state index is 0.0114. The third-order valence-corrected chi connectivity index (χ3v) is 8.45. The van der Waals surface area contributed by atoms with Crippen LogP contribution in [0.3, 0.4) is 0 Å². The van der Waals surface area contributed by atoms with E-state index in [1.807, 2.05) is 0 Å². The van der Waals surface area contributed by atoms with E-state index in [9.17, 15) is 21.6 Å². The molecule has 9 nitrogen and oxygen atoms in total. The Bertz CT molecular complexity index is 1570.